The van der Waals surface area contributed by atoms with Crippen molar-refractivity contribution in [2.45, 2.75) is 43.3 Å². The Balaban J connectivity index is 2.68. The van der Waals surface area contributed by atoms with Crippen LogP contribution in [0.1, 0.15) is 57.8 Å². The zero-order chi connectivity index (χ0) is 28.6. The average Bonchev–Trinajstić information content (AvgIpc) is 2.76. The average molecular weight is 554 g/mol. The Hall–Kier alpha value is -3.06. The highest BCUT2D eigenvalue weighted by Gasteiger charge is 2.43. The van der Waals surface area contributed by atoms with Crippen molar-refractivity contribution in [3.05, 3.63) is 63.5 Å². The van der Waals surface area contributed by atoms with Crippen LogP contribution in [0.3, 0.4) is 0 Å². The molecule has 16 heteroatoms. The van der Waals surface area contributed by atoms with E-state index in [0.29, 0.717) is 0 Å². The molecule has 2 unspecified atom stereocenters. The van der Waals surface area contributed by atoms with Gasteiger partial charge in [0.05, 0.1) is 28.9 Å². The topological polar surface area (TPSA) is 55.1 Å². The molecule has 0 N–H and O–H groups in total. The molecule has 2 aromatic rings. The number of methoxy groups -OCH3 is 2. The zero-order valence-corrected chi connectivity index (χ0v) is 18.4. The first-order valence-corrected chi connectivity index (χ1v) is 9.68. The van der Waals surface area contributed by atoms with Crippen molar-refractivity contribution in [2.24, 2.45) is 0 Å². The maximum absolute atomic E-state index is 13.5. The second-order valence-electron chi connectivity index (χ2n) is 7.45. The van der Waals surface area contributed by atoms with Gasteiger partial charge in [-0.25, -0.2) is 4.98 Å². The van der Waals surface area contributed by atoms with Crippen LogP contribution in [0.4, 0.5) is 52.7 Å². The van der Waals surface area contributed by atoms with Gasteiger partial charge >= 0.3 is 24.7 Å². The molecule has 2 rings (SSSR count). The fourth-order valence-electron chi connectivity index (χ4n) is 3.38. The summed E-state index contributed by atoms with van der Waals surface area (Å²) in [7, 11) is 1.68. The second-order valence-corrected chi connectivity index (χ2v) is 7.45. The van der Waals surface area contributed by atoms with Crippen LogP contribution < -0.4 is 0 Å². The van der Waals surface area contributed by atoms with Crippen LogP contribution in [-0.2, 0) is 34.2 Å². The molecule has 0 saturated heterocycles. The van der Waals surface area contributed by atoms with Crippen molar-refractivity contribution in [1.82, 2.24) is 4.98 Å². The number of alkyl halides is 12. The maximum Gasteiger partial charge on any atom is 0.433 e. The van der Waals surface area contributed by atoms with E-state index >= 15 is 0 Å². The van der Waals surface area contributed by atoms with Gasteiger partial charge in [-0.3, -0.25) is 0 Å². The summed E-state index contributed by atoms with van der Waals surface area (Å²) in [6.07, 6.45) is -25.8. The number of nitrogens with zero attached hydrogens (tertiary/aromatic N) is 2. The van der Waals surface area contributed by atoms with E-state index in [1.54, 1.807) is 0 Å². The minimum absolute atomic E-state index is 0.184. The van der Waals surface area contributed by atoms with Crippen LogP contribution in [0.15, 0.2) is 24.3 Å². The van der Waals surface area contributed by atoms with E-state index in [9.17, 15) is 52.7 Å². The van der Waals surface area contributed by atoms with Crippen LogP contribution in [0.5, 0.6) is 0 Å². The smallest absolute Gasteiger partial charge is 0.377 e. The van der Waals surface area contributed by atoms with Crippen LogP contribution >= 0.6 is 0 Å². The van der Waals surface area contributed by atoms with Gasteiger partial charge < -0.3 is 9.47 Å². The van der Waals surface area contributed by atoms with Crippen molar-refractivity contribution in [3.63, 3.8) is 0 Å². The standard InChI is InChI=1S/C21H14F12N2O2/c1-36-14(9-3-12(18(22,23)24)11(8-34)13(4-9)19(25,26)27)7-15(37-2)10-5-16(20(28,29)30)35-17(6-10)21(31,32)33/h3-6,14-15H,7H2,1-2H3. The van der Waals surface area contributed by atoms with E-state index in [2.05, 4.69) is 4.98 Å². The summed E-state index contributed by atoms with van der Waals surface area (Å²) >= 11 is 0. The van der Waals surface area contributed by atoms with Crippen molar-refractivity contribution < 1.29 is 62.2 Å². The molecular formula is C21H14F12N2O2. The molecule has 4 nitrogen and oxygen atoms in total. The second kappa shape index (κ2) is 10.4. The van der Waals surface area contributed by atoms with E-state index in [1.807, 2.05) is 0 Å². The molecule has 0 amide bonds. The SMILES string of the molecule is COC(CC(OC)c1cc(C(F)(F)F)c(C#N)c(C(F)(F)F)c1)c1cc(C(F)(F)F)nc(C(F)(F)F)c1. The molecule has 0 spiro atoms. The lowest BCUT2D eigenvalue weighted by molar-refractivity contribution is -0.150. The van der Waals surface area contributed by atoms with Crippen molar-refractivity contribution >= 4 is 0 Å². The Morgan fingerprint density at radius 2 is 1.03 bits per heavy atom. The molecule has 1 heterocycles. The summed E-state index contributed by atoms with van der Waals surface area (Å²) in [6, 6.07) is 1.63. The largest absolute Gasteiger partial charge is 0.433 e. The van der Waals surface area contributed by atoms with E-state index in [4.69, 9.17) is 14.7 Å². The minimum atomic E-state index is -5.42. The Bertz CT molecular complexity index is 1090. The Morgan fingerprint density at radius 1 is 0.676 bits per heavy atom. The van der Waals surface area contributed by atoms with E-state index in [1.165, 1.54) is 0 Å². The van der Waals surface area contributed by atoms with Crippen LogP contribution in [0, 0.1) is 11.3 Å². The molecule has 0 aliphatic rings. The molecule has 2 atom stereocenters. The van der Waals surface area contributed by atoms with Gasteiger partial charge in [-0.1, -0.05) is 0 Å². The number of hydrogen-bond acceptors (Lipinski definition) is 4. The fraction of sp³-hybridized carbons (Fsp3) is 0.429. The first-order valence-electron chi connectivity index (χ1n) is 9.68. The number of aromatic nitrogens is 1. The van der Waals surface area contributed by atoms with Gasteiger partial charge in [0.25, 0.3) is 0 Å². The molecule has 204 valence electrons. The summed E-state index contributed by atoms with van der Waals surface area (Å²) in [5, 5.41) is 8.94. The Kier molecular flexibility index (Phi) is 8.45. The van der Waals surface area contributed by atoms with E-state index in [-0.39, 0.29) is 24.3 Å². The van der Waals surface area contributed by atoms with Crippen LogP contribution in [0.2, 0.25) is 0 Å². The lowest BCUT2D eigenvalue weighted by Gasteiger charge is -2.25. The van der Waals surface area contributed by atoms with Crippen molar-refractivity contribution in [3.8, 4) is 6.07 Å². The van der Waals surface area contributed by atoms with Crippen molar-refractivity contribution in [2.75, 3.05) is 14.2 Å². The Labute approximate surface area is 200 Å². The van der Waals surface area contributed by atoms with Crippen molar-refractivity contribution in [1.29, 1.82) is 5.26 Å². The molecule has 1 aromatic heterocycles. The summed E-state index contributed by atoms with van der Waals surface area (Å²) in [5.41, 5.74) is -11.1. The molecule has 1 aromatic carbocycles. The predicted molar refractivity (Wildman–Crippen MR) is 99.5 cm³/mol. The number of hydrogen-bond donors (Lipinski definition) is 0. The third-order valence-electron chi connectivity index (χ3n) is 5.05. The van der Waals surface area contributed by atoms with E-state index < -0.39 is 82.5 Å². The first-order chi connectivity index (χ1) is 16.7. The number of ether oxygens (including phenoxy) is 2. The predicted octanol–water partition coefficient (Wildman–Crippen LogP) is 7.49. The monoisotopic (exact) mass is 554 g/mol. The van der Waals surface area contributed by atoms with Gasteiger partial charge in [0.2, 0.25) is 0 Å². The first kappa shape index (κ1) is 30.2. The minimum Gasteiger partial charge on any atom is -0.377 e. The molecule has 0 saturated carbocycles. The van der Waals surface area contributed by atoms with Gasteiger partial charge in [0, 0.05) is 20.6 Å². The summed E-state index contributed by atoms with van der Waals surface area (Å²) in [5.74, 6) is 0. The third-order valence-corrected chi connectivity index (χ3v) is 5.05. The zero-order valence-electron chi connectivity index (χ0n) is 18.4. The van der Waals surface area contributed by atoms with Crippen LogP contribution in [0.25, 0.3) is 0 Å². The third kappa shape index (κ3) is 7.04. The number of benzene rings is 1. The Morgan fingerprint density at radius 3 is 1.30 bits per heavy atom. The molecule has 0 radical (unpaired) electrons. The number of rotatable bonds is 6. The molecular weight excluding hydrogens is 540 g/mol. The lowest BCUT2D eigenvalue weighted by atomic mass is 9.92. The van der Waals surface area contributed by atoms with Gasteiger partial charge in [0.15, 0.2) is 0 Å². The van der Waals surface area contributed by atoms with Gasteiger partial charge in [-0.05, 0) is 35.4 Å². The summed E-state index contributed by atoms with van der Waals surface area (Å²) < 4.78 is 169. The number of pyridine rings is 1. The fourth-order valence-corrected chi connectivity index (χ4v) is 3.38. The summed E-state index contributed by atoms with van der Waals surface area (Å²) in [6.45, 7) is 0. The molecule has 0 aliphatic heterocycles. The highest BCUT2D eigenvalue weighted by atomic mass is 19.4. The van der Waals surface area contributed by atoms with Gasteiger partial charge in [0.1, 0.15) is 17.5 Å². The van der Waals surface area contributed by atoms with E-state index in [0.717, 1.165) is 20.3 Å². The highest BCUT2D eigenvalue weighted by molar-refractivity contribution is 5.50. The molecule has 37 heavy (non-hydrogen) atoms. The lowest BCUT2D eigenvalue weighted by Crippen LogP contribution is -2.19. The maximum atomic E-state index is 13.5. The molecule has 0 bridgehead atoms. The quantitative estimate of drug-likeness (QED) is 0.347. The highest BCUT2D eigenvalue weighted by Crippen LogP contribution is 2.43. The molecule has 0 aliphatic carbocycles. The van der Waals surface area contributed by atoms with Gasteiger partial charge in [-0.2, -0.15) is 57.9 Å². The van der Waals surface area contributed by atoms with Crippen LogP contribution in [-0.4, -0.2) is 19.2 Å². The normalized spacial score (nSPS) is 14.8. The summed E-state index contributed by atoms with van der Waals surface area (Å²) in [4.78, 5) is 2.53. The number of halogens is 12. The number of nitriles is 1. The molecule has 0 fully saturated rings. The van der Waals surface area contributed by atoms with Gasteiger partial charge in [-0.15, -0.1) is 0 Å².